The standard InChI is InChI=1S/C16H28N4S/c1-4-13-11-19-14(21-13)7-10-18-15(17-3)20-12-16(5-2)8-6-9-16/h11H,4-10,12H2,1-3H3,(H2,17,18,20). The van der Waals surface area contributed by atoms with Crippen molar-refractivity contribution in [1.29, 1.82) is 0 Å². The van der Waals surface area contributed by atoms with E-state index in [4.69, 9.17) is 0 Å². The first-order chi connectivity index (χ1) is 10.2. The smallest absolute Gasteiger partial charge is 0.191 e. The van der Waals surface area contributed by atoms with Crippen LogP contribution in [0.4, 0.5) is 0 Å². The van der Waals surface area contributed by atoms with Gasteiger partial charge in [-0.25, -0.2) is 4.98 Å². The van der Waals surface area contributed by atoms with E-state index < -0.39 is 0 Å². The molecule has 0 unspecified atom stereocenters. The molecule has 0 radical (unpaired) electrons. The zero-order valence-electron chi connectivity index (χ0n) is 13.5. The molecule has 1 heterocycles. The molecule has 0 amide bonds. The highest BCUT2D eigenvalue weighted by Crippen LogP contribution is 2.42. The number of nitrogens with zero attached hydrogens (tertiary/aromatic N) is 2. The molecule has 5 heteroatoms. The fourth-order valence-corrected chi connectivity index (χ4v) is 3.60. The van der Waals surface area contributed by atoms with E-state index in [9.17, 15) is 0 Å². The molecule has 0 bridgehead atoms. The molecule has 0 aliphatic heterocycles. The third-order valence-electron chi connectivity index (χ3n) is 4.60. The Hall–Kier alpha value is -1.10. The highest BCUT2D eigenvalue weighted by atomic mass is 32.1. The lowest BCUT2D eigenvalue weighted by Gasteiger charge is -2.41. The molecule has 2 rings (SSSR count). The fraction of sp³-hybridized carbons (Fsp3) is 0.750. The number of rotatable bonds is 7. The van der Waals surface area contributed by atoms with E-state index in [0.29, 0.717) is 5.41 Å². The number of hydrogen-bond donors (Lipinski definition) is 2. The Morgan fingerprint density at radius 3 is 2.71 bits per heavy atom. The molecule has 2 N–H and O–H groups in total. The van der Waals surface area contributed by atoms with E-state index in [-0.39, 0.29) is 0 Å². The maximum Gasteiger partial charge on any atom is 0.191 e. The van der Waals surface area contributed by atoms with Crippen molar-refractivity contribution in [3.05, 3.63) is 16.1 Å². The summed E-state index contributed by atoms with van der Waals surface area (Å²) in [6, 6.07) is 0. The molecule has 1 fully saturated rings. The van der Waals surface area contributed by atoms with Crippen LogP contribution in [-0.2, 0) is 12.8 Å². The number of hydrogen-bond acceptors (Lipinski definition) is 3. The maximum absolute atomic E-state index is 4.45. The molecule has 21 heavy (non-hydrogen) atoms. The molecule has 1 aliphatic rings. The third-order valence-corrected chi connectivity index (χ3v) is 5.80. The molecule has 1 aliphatic carbocycles. The largest absolute Gasteiger partial charge is 0.356 e. The van der Waals surface area contributed by atoms with Crippen molar-refractivity contribution < 1.29 is 0 Å². The summed E-state index contributed by atoms with van der Waals surface area (Å²) in [5, 5.41) is 8.09. The van der Waals surface area contributed by atoms with E-state index in [1.165, 1.54) is 35.6 Å². The number of aliphatic imine (C=N–C) groups is 1. The summed E-state index contributed by atoms with van der Waals surface area (Å²) in [4.78, 5) is 10.1. The van der Waals surface area contributed by atoms with Crippen LogP contribution in [-0.4, -0.2) is 31.1 Å². The van der Waals surface area contributed by atoms with Gasteiger partial charge in [-0.1, -0.05) is 20.3 Å². The van der Waals surface area contributed by atoms with Crippen LogP contribution in [0, 0.1) is 5.41 Å². The number of guanidine groups is 1. The fourth-order valence-electron chi connectivity index (χ4n) is 2.74. The van der Waals surface area contributed by atoms with Gasteiger partial charge in [-0.2, -0.15) is 0 Å². The zero-order valence-corrected chi connectivity index (χ0v) is 14.4. The van der Waals surface area contributed by atoms with Crippen molar-refractivity contribution in [1.82, 2.24) is 15.6 Å². The highest BCUT2D eigenvalue weighted by molar-refractivity contribution is 7.11. The molecule has 0 saturated heterocycles. The number of aromatic nitrogens is 1. The van der Waals surface area contributed by atoms with E-state index >= 15 is 0 Å². The molecule has 0 spiro atoms. The van der Waals surface area contributed by atoms with Crippen molar-refractivity contribution in [3.63, 3.8) is 0 Å². The average Bonchev–Trinajstić information content (AvgIpc) is 2.92. The molecule has 1 aromatic heterocycles. The minimum Gasteiger partial charge on any atom is -0.356 e. The van der Waals surface area contributed by atoms with Gasteiger partial charge in [0.05, 0.1) is 5.01 Å². The summed E-state index contributed by atoms with van der Waals surface area (Å²) in [5.41, 5.74) is 0.517. The lowest BCUT2D eigenvalue weighted by atomic mass is 9.67. The van der Waals surface area contributed by atoms with Gasteiger partial charge in [0.1, 0.15) is 0 Å². The van der Waals surface area contributed by atoms with Gasteiger partial charge in [-0.3, -0.25) is 4.99 Å². The van der Waals surface area contributed by atoms with Gasteiger partial charge in [0.25, 0.3) is 0 Å². The first kappa shape index (κ1) is 16.3. The van der Waals surface area contributed by atoms with Gasteiger partial charge in [-0.05, 0) is 31.1 Å². The van der Waals surface area contributed by atoms with Crippen LogP contribution in [0.2, 0.25) is 0 Å². The van der Waals surface area contributed by atoms with Gasteiger partial charge >= 0.3 is 0 Å². The van der Waals surface area contributed by atoms with Crippen LogP contribution in [0.3, 0.4) is 0 Å². The summed E-state index contributed by atoms with van der Waals surface area (Å²) >= 11 is 1.81. The quantitative estimate of drug-likeness (QED) is 0.601. The summed E-state index contributed by atoms with van der Waals surface area (Å²) in [7, 11) is 1.84. The van der Waals surface area contributed by atoms with E-state index in [0.717, 1.165) is 31.9 Å². The molecule has 1 saturated carbocycles. The summed E-state index contributed by atoms with van der Waals surface area (Å²) in [5.74, 6) is 0.919. The van der Waals surface area contributed by atoms with Crippen LogP contribution in [0.25, 0.3) is 0 Å². The van der Waals surface area contributed by atoms with E-state index in [2.05, 4.69) is 34.5 Å². The van der Waals surface area contributed by atoms with Crippen LogP contribution in [0.5, 0.6) is 0 Å². The maximum atomic E-state index is 4.45. The predicted molar refractivity (Wildman–Crippen MR) is 91.1 cm³/mol. The van der Waals surface area contributed by atoms with Crippen molar-refractivity contribution >= 4 is 17.3 Å². The van der Waals surface area contributed by atoms with Crippen LogP contribution >= 0.6 is 11.3 Å². The summed E-state index contributed by atoms with van der Waals surface area (Å²) in [6.45, 7) is 6.39. The number of nitrogens with one attached hydrogen (secondary N) is 2. The third kappa shape index (κ3) is 4.43. The number of thiazole rings is 1. The van der Waals surface area contributed by atoms with Crippen molar-refractivity contribution in [3.8, 4) is 0 Å². The molecular formula is C16H28N4S. The predicted octanol–water partition coefficient (Wildman–Crippen LogP) is 2.99. The molecule has 1 aromatic rings. The molecular weight excluding hydrogens is 280 g/mol. The lowest BCUT2D eigenvalue weighted by Crippen LogP contribution is -2.46. The Morgan fingerprint density at radius 1 is 1.38 bits per heavy atom. The summed E-state index contributed by atoms with van der Waals surface area (Å²) in [6.07, 6.45) is 9.38. The Bertz CT molecular complexity index is 457. The average molecular weight is 308 g/mol. The van der Waals surface area contributed by atoms with Crippen molar-refractivity contribution in [2.45, 2.75) is 52.4 Å². The Balaban J connectivity index is 1.70. The molecule has 118 valence electrons. The van der Waals surface area contributed by atoms with Crippen LogP contribution in [0.1, 0.15) is 49.4 Å². The van der Waals surface area contributed by atoms with Gasteiger partial charge < -0.3 is 10.6 Å². The van der Waals surface area contributed by atoms with Gasteiger partial charge in [0.2, 0.25) is 0 Å². The minimum absolute atomic E-state index is 0.517. The normalized spacial score (nSPS) is 17.4. The number of aryl methyl sites for hydroxylation is 1. The molecule has 0 atom stereocenters. The Kier molecular flexibility index (Phi) is 6.03. The zero-order chi connectivity index (χ0) is 15.1. The minimum atomic E-state index is 0.517. The van der Waals surface area contributed by atoms with Gasteiger partial charge in [-0.15, -0.1) is 11.3 Å². The van der Waals surface area contributed by atoms with Crippen molar-refractivity contribution in [2.75, 3.05) is 20.1 Å². The Labute approximate surface area is 132 Å². The molecule has 4 nitrogen and oxygen atoms in total. The van der Waals surface area contributed by atoms with Crippen LogP contribution < -0.4 is 10.6 Å². The second kappa shape index (κ2) is 7.78. The topological polar surface area (TPSA) is 49.3 Å². The van der Waals surface area contributed by atoms with Gasteiger partial charge in [0.15, 0.2) is 5.96 Å². The van der Waals surface area contributed by atoms with E-state index in [1.54, 1.807) is 0 Å². The Morgan fingerprint density at radius 2 is 2.19 bits per heavy atom. The second-order valence-corrected chi connectivity index (χ2v) is 7.08. The molecule has 0 aromatic carbocycles. The lowest BCUT2D eigenvalue weighted by molar-refractivity contribution is 0.131. The first-order valence-electron chi connectivity index (χ1n) is 8.09. The van der Waals surface area contributed by atoms with Crippen LogP contribution in [0.15, 0.2) is 11.2 Å². The highest BCUT2D eigenvalue weighted by Gasteiger charge is 2.34. The monoisotopic (exact) mass is 308 g/mol. The van der Waals surface area contributed by atoms with E-state index in [1.807, 2.05) is 24.6 Å². The second-order valence-electron chi connectivity index (χ2n) is 5.88. The SMILES string of the molecule is CCc1cnc(CCNC(=NC)NCC2(CC)CCC2)s1. The van der Waals surface area contributed by atoms with Gasteiger partial charge in [0, 0.05) is 37.6 Å². The van der Waals surface area contributed by atoms with Crippen molar-refractivity contribution in [2.24, 2.45) is 10.4 Å². The first-order valence-corrected chi connectivity index (χ1v) is 8.91. The summed E-state index contributed by atoms with van der Waals surface area (Å²) < 4.78 is 0.